The monoisotopic (exact) mass is 361 g/mol. The van der Waals surface area contributed by atoms with Crippen molar-refractivity contribution in [1.82, 2.24) is 4.98 Å². The third-order valence-electron chi connectivity index (χ3n) is 2.84. The largest absolute Gasteiger partial charge is 0.239 e. The third-order valence-corrected chi connectivity index (χ3v) is 4.58. The molecule has 3 heteroatoms. The van der Waals surface area contributed by atoms with Crippen LogP contribution >= 0.6 is 31.9 Å². The maximum absolute atomic E-state index is 4.64. The SMILES string of the molecule is Brc1cc2c(nc1Br)-c1ccccc1C=CC=C2. The first-order chi connectivity index (χ1) is 8.75. The Kier molecular flexibility index (Phi) is 3.18. The molecule has 1 aromatic carbocycles. The molecule has 2 aromatic rings. The number of rotatable bonds is 0. The van der Waals surface area contributed by atoms with Crippen LogP contribution in [0.1, 0.15) is 11.1 Å². The van der Waals surface area contributed by atoms with Crippen molar-refractivity contribution in [2.75, 3.05) is 0 Å². The number of pyridine rings is 1. The maximum Gasteiger partial charge on any atom is 0.121 e. The Morgan fingerprint density at radius 2 is 1.61 bits per heavy atom. The van der Waals surface area contributed by atoms with Crippen molar-refractivity contribution in [2.45, 2.75) is 0 Å². The van der Waals surface area contributed by atoms with Crippen LogP contribution < -0.4 is 0 Å². The van der Waals surface area contributed by atoms with Gasteiger partial charge in [-0.2, -0.15) is 0 Å². The zero-order chi connectivity index (χ0) is 12.5. The van der Waals surface area contributed by atoms with E-state index in [1.54, 1.807) is 0 Å². The fourth-order valence-corrected chi connectivity index (χ4v) is 2.63. The first-order valence-corrected chi connectivity index (χ1v) is 7.14. The van der Waals surface area contributed by atoms with Gasteiger partial charge in [-0.3, -0.25) is 0 Å². The van der Waals surface area contributed by atoms with E-state index in [9.17, 15) is 0 Å². The first kappa shape index (κ1) is 11.9. The van der Waals surface area contributed by atoms with E-state index in [0.29, 0.717) is 0 Å². The molecule has 0 N–H and O–H groups in total. The standard InChI is InChI=1S/C15H9Br2N/c16-13-9-11-7-2-1-5-10-6-3-4-8-12(10)14(11)18-15(13)17/h1-9H. The van der Waals surface area contributed by atoms with Crippen LogP contribution in [-0.4, -0.2) is 4.98 Å². The van der Waals surface area contributed by atoms with Gasteiger partial charge in [0.15, 0.2) is 0 Å². The minimum atomic E-state index is 0.828. The lowest BCUT2D eigenvalue weighted by Gasteiger charge is -2.12. The number of allylic oxidation sites excluding steroid dienone is 2. The molecule has 88 valence electrons. The number of aromatic nitrogens is 1. The molecule has 3 rings (SSSR count). The lowest BCUT2D eigenvalue weighted by atomic mass is 9.98. The number of benzene rings is 1. The quantitative estimate of drug-likeness (QED) is 0.578. The fourth-order valence-electron chi connectivity index (χ4n) is 2.00. The van der Waals surface area contributed by atoms with Gasteiger partial charge in [-0.1, -0.05) is 48.6 Å². The molecule has 1 aromatic heterocycles. The van der Waals surface area contributed by atoms with Gasteiger partial charge in [0, 0.05) is 11.1 Å². The van der Waals surface area contributed by atoms with Gasteiger partial charge in [0.1, 0.15) is 4.60 Å². The van der Waals surface area contributed by atoms with Crippen molar-refractivity contribution < 1.29 is 0 Å². The normalized spacial score (nSPS) is 12.6. The number of hydrogen-bond acceptors (Lipinski definition) is 1. The van der Waals surface area contributed by atoms with Gasteiger partial charge in [0.05, 0.1) is 10.2 Å². The highest BCUT2D eigenvalue weighted by Crippen LogP contribution is 2.33. The van der Waals surface area contributed by atoms with Gasteiger partial charge in [0.2, 0.25) is 0 Å². The fraction of sp³-hybridized carbons (Fsp3) is 0. The molecule has 0 fully saturated rings. The number of halogens is 2. The van der Waals surface area contributed by atoms with E-state index in [1.807, 2.05) is 18.2 Å². The van der Waals surface area contributed by atoms with Crippen molar-refractivity contribution in [1.29, 1.82) is 0 Å². The van der Waals surface area contributed by atoms with Gasteiger partial charge in [-0.15, -0.1) is 0 Å². The maximum atomic E-state index is 4.64. The van der Waals surface area contributed by atoms with E-state index in [0.717, 1.165) is 25.9 Å². The Labute approximate surface area is 123 Å². The molecule has 0 spiro atoms. The minimum absolute atomic E-state index is 0.828. The highest BCUT2D eigenvalue weighted by atomic mass is 79.9. The Morgan fingerprint density at radius 3 is 2.44 bits per heavy atom. The average molecular weight is 363 g/mol. The number of fused-ring (bicyclic) bond motifs is 3. The predicted molar refractivity (Wildman–Crippen MR) is 83.1 cm³/mol. The second-order valence-electron chi connectivity index (χ2n) is 4.00. The molecule has 1 heterocycles. The molecule has 0 saturated carbocycles. The van der Waals surface area contributed by atoms with Gasteiger partial charge in [-0.25, -0.2) is 4.98 Å². The molecule has 0 radical (unpaired) electrons. The summed E-state index contributed by atoms with van der Waals surface area (Å²) >= 11 is 6.97. The van der Waals surface area contributed by atoms with Crippen LogP contribution in [0.5, 0.6) is 0 Å². The van der Waals surface area contributed by atoms with Gasteiger partial charge < -0.3 is 0 Å². The van der Waals surface area contributed by atoms with Gasteiger partial charge in [0.25, 0.3) is 0 Å². The topological polar surface area (TPSA) is 12.9 Å². The summed E-state index contributed by atoms with van der Waals surface area (Å²) in [6.07, 6.45) is 8.27. The van der Waals surface area contributed by atoms with E-state index in [2.05, 4.69) is 73.3 Å². The zero-order valence-corrected chi connectivity index (χ0v) is 12.6. The van der Waals surface area contributed by atoms with Crippen LogP contribution in [0.3, 0.4) is 0 Å². The van der Waals surface area contributed by atoms with Crippen molar-refractivity contribution in [3.63, 3.8) is 0 Å². The molecule has 18 heavy (non-hydrogen) atoms. The van der Waals surface area contributed by atoms with Crippen LogP contribution in [0, 0.1) is 0 Å². The molecule has 1 aliphatic carbocycles. The molecule has 1 aliphatic rings. The summed E-state index contributed by atoms with van der Waals surface area (Å²) in [5.41, 5.74) is 4.45. The van der Waals surface area contributed by atoms with Crippen LogP contribution in [-0.2, 0) is 0 Å². The smallest absolute Gasteiger partial charge is 0.121 e. The lowest BCUT2D eigenvalue weighted by Crippen LogP contribution is -1.94. The summed E-state index contributed by atoms with van der Waals surface area (Å²) in [5, 5.41) is 0. The van der Waals surface area contributed by atoms with Crippen LogP contribution in [0.4, 0.5) is 0 Å². The molecular weight excluding hydrogens is 354 g/mol. The second-order valence-corrected chi connectivity index (χ2v) is 5.61. The Morgan fingerprint density at radius 1 is 0.889 bits per heavy atom. The van der Waals surface area contributed by atoms with Crippen molar-refractivity contribution in [2.24, 2.45) is 0 Å². The van der Waals surface area contributed by atoms with E-state index in [-0.39, 0.29) is 0 Å². The molecule has 0 bridgehead atoms. The molecule has 0 saturated heterocycles. The number of nitrogens with zero attached hydrogens (tertiary/aromatic N) is 1. The van der Waals surface area contributed by atoms with Crippen LogP contribution in [0.25, 0.3) is 23.4 Å². The summed E-state index contributed by atoms with van der Waals surface area (Å²) in [7, 11) is 0. The summed E-state index contributed by atoms with van der Waals surface area (Å²) in [6, 6.07) is 10.4. The van der Waals surface area contributed by atoms with Gasteiger partial charge in [-0.05, 0) is 43.5 Å². The molecular formula is C15H9Br2N. The first-order valence-electron chi connectivity index (χ1n) is 5.56. The summed E-state index contributed by atoms with van der Waals surface area (Å²) in [4.78, 5) is 4.64. The summed E-state index contributed by atoms with van der Waals surface area (Å²) < 4.78 is 1.79. The van der Waals surface area contributed by atoms with Crippen LogP contribution in [0.2, 0.25) is 0 Å². The average Bonchev–Trinajstić information content (AvgIpc) is 2.37. The molecule has 0 aliphatic heterocycles. The third kappa shape index (κ3) is 2.08. The van der Waals surface area contributed by atoms with E-state index >= 15 is 0 Å². The highest BCUT2D eigenvalue weighted by Gasteiger charge is 2.12. The molecule has 0 unspecified atom stereocenters. The van der Waals surface area contributed by atoms with E-state index in [1.165, 1.54) is 5.56 Å². The summed E-state index contributed by atoms with van der Waals surface area (Å²) in [6.45, 7) is 0. The number of hydrogen-bond donors (Lipinski definition) is 0. The lowest BCUT2D eigenvalue weighted by molar-refractivity contribution is 1.24. The predicted octanol–water partition coefficient (Wildman–Crippen LogP) is 5.31. The molecule has 0 amide bonds. The Hall–Kier alpha value is -1.19. The minimum Gasteiger partial charge on any atom is -0.239 e. The highest BCUT2D eigenvalue weighted by molar-refractivity contribution is 9.13. The molecule has 1 nitrogen and oxygen atoms in total. The zero-order valence-electron chi connectivity index (χ0n) is 9.40. The van der Waals surface area contributed by atoms with Crippen LogP contribution in [0.15, 0.2) is 51.6 Å². The second kappa shape index (κ2) is 4.82. The Balaban J connectivity index is 2.35. The van der Waals surface area contributed by atoms with E-state index in [4.69, 9.17) is 0 Å². The summed E-state index contributed by atoms with van der Waals surface area (Å²) in [5.74, 6) is 0. The van der Waals surface area contributed by atoms with Crippen molar-refractivity contribution in [3.05, 3.63) is 62.7 Å². The van der Waals surface area contributed by atoms with E-state index < -0.39 is 0 Å². The Bertz CT molecular complexity index is 672. The molecule has 0 atom stereocenters. The van der Waals surface area contributed by atoms with Crippen molar-refractivity contribution >= 4 is 44.0 Å². The van der Waals surface area contributed by atoms with Crippen molar-refractivity contribution in [3.8, 4) is 11.3 Å². The van der Waals surface area contributed by atoms with Gasteiger partial charge >= 0.3 is 0 Å².